The van der Waals surface area contributed by atoms with Crippen LogP contribution < -0.4 is 5.32 Å². The Morgan fingerprint density at radius 2 is 2.00 bits per heavy atom. The molecule has 0 aliphatic carbocycles. The first-order chi connectivity index (χ1) is 9.51. The number of nitrogens with one attached hydrogen (secondary N) is 1. The highest BCUT2D eigenvalue weighted by Crippen LogP contribution is 2.24. The van der Waals surface area contributed by atoms with Gasteiger partial charge in [-0.1, -0.05) is 34.5 Å². The molecule has 4 heteroatoms. The molecule has 1 amide bonds. The Morgan fingerprint density at radius 1 is 1.25 bits per heavy atom. The monoisotopic (exact) mass is 333 g/mol. The van der Waals surface area contributed by atoms with E-state index in [1.165, 1.54) is 6.07 Å². The van der Waals surface area contributed by atoms with Gasteiger partial charge in [-0.3, -0.25) is 4.79 Å². The summed E-state index contributed by atoms with van der Waals surface area (Å²) in [6.45, 7) is 3.91. The smallest absolute Gasteiger partial charge is 0.259 e. The van der Waals surface area contributed by atoms with Crippen LogP contribution >= 0.6 is 15.9 Å². The van der Waals surface area contributed by atoms with Crippen molar-refractivity contribution in [3.8, 4) is 5.75 Å². The minimum Gasteiger partial charge on any atom is -0.507 e. The van der Waals surface area contributed by atoms with E-state index in [9.17, 15) is 9.90 Å². The number of benzene rings is 2. The average Bonchev–Trinajstić information content (AvgIpc) is 2.43. The van der Waals surface area contributed by atoms with Crippen molar-refractivity contribution < 1.29 is 9.90 Å². The van der Waals surface area contributed by atoms with Gasteiger partial charge in [-0.15, -0.1) is 0 Å². The third-order valence-electron chi connectivity index (χ3n) is 3.09. The molecular formula is C16H16BrNO2. The maximum Gasteiger partial charge on any atom is 0.259 e. The molecule has 2 N–H and O–H groups in total. The van der Waals surface area contributed by atoms with Crippen LogP contribution in [-0.4, -0.2) is 11.0 Å². The van der Waals surface area contributed by atoms with E-state index in [0.29, 0.717) is 0 Å². The molecule has 0 saturated heterocycles. The van der Waals surface area contributed by atoms with Crippen molar-refractivity contribution >= 4 is 27.5 Å². The van der Waals surface area contributed by atoms with Gasteiger partial charge in [-0.25, -0.2) is 0 Å². The van der Waals surface area contributed by atoms with Gasteiger partial charge in [0.05, 0.1) is 5.56 Å². The van der Waals surface area contributed by atoms with Gasteiger partial charge in [0.15, 0.2) is 0 Å². The van der Waals surface area contributed by atoms with Crippen LogP contribution in [0.3, 0.4) is 0 Å². The predicted octanol–water partition coefficient (Wildman–Crippen LogP) is 4.28. The lowest BCUT2D eigenvalue weighted by Crippen LogP contribution is -2.13. The quantitative estimate of drug-likeness (QED) is 0.880. The van der Waals surface area contributed by atoms with Crippen molar-refractivity contribution in [3.05, 3.63) is 57.6 Å². The molecule has 2 aromatic rings. The first-order valence-corrected chi connectivity index (χ1v) is 7.20. The molecule has 0 fully saturated rings. The normalized spacial score (nSPS) is 10.3. The van der Waals surface area contributed by atoms with Crippen molar-refractivity contribution in [2.75, 3.05) is 5.32 Å². The van der Waals surface area contributed by atoms with Crippen molar-refractivity contribution in [1.82, 2.24) is 0 Å². The summed E-state index contributed by atoms with van der Waals surface area (Å²) in [6.07, 6.45) is 0.814. The number of rotatable bonds is 3. The van der Waals surface area contributed by atoms with Crippen LogP contribution in [0.1, 0.15) is 28.4 Å². The Bertz CT molecular complexity index is 653. The van der Waals surface area contributed by atoms with Crippen molar-refractivity contribution in [2.45, 2.75) is 20.3 Å². The Balaban J connectivity index is 2.30. The molecule has 104 valence electrons. The molecule has 0 saturated carbocycles. The number of carbonyl (C=O) groups excluding carboxylic acids is 1. The first-order valence-electron chi connectivity index (χ1n) is 6.40. The van der Waals surface area contributed by atoms with Crippen molar-refractivity contribution in [2.24, 2.45) is 0 Å². The highest BCUT2D eigenvalue weighted by Gasteiger charge is 2.13. The van der Waals surface area contributed by atoms with Crippen LogP contribution in [0.4, 0.5) is 5.69 Å². The largest absolute Gasteiger partial charge is 0.507 e. The van der Waals surface area contributed by atoms with E-state index >= 15 is 0 Å². The van der Waals surface area contributed by atoms with Crippen LogP contribution in [0.2, 0.25) is 0 Å². The summed E-state index contributed by atoms with van der Waals surface area (Å²) in [6, 6.07) is 10.7. The summed E-state index contributed by atoms with van der Waals surface area (Å²) in [7, 11) is 0. The Morgan fingerprint density at radius 3 is 2.70 bits per heavy atom. The summed E-state index contributed by atoms with van der Waals surface area (Å²) < 4.78 is 0.978. The molecule has 0 radical (unpaired) electrons. The summed E-state index contributed by atoms with van der Waals surface area (Å²) >= 11 is 3.42. The highest BCUT2D eigenvalue weighted by atomic mass is 79.9. The number of hydrogen-bond acceptors (Lipinski definition) is 2. The zero-order chi connectivity index (χ0) is 14.7. The van der Waals surface area contributed by atoms with Gasteiger partial charge >= 0.3 is 0 Å². The number of aryl methyl sites for hydroxylation is 2. The number of amides is 1. The molecule has 2 rings (SSSR count). The second-order valence-electron chi connectivity index (χ2n) is 4.63. The van der Waals surface area contributed by atoms with E-state index < -0.39 is 0 Å². The van der Waals surface area contributed by atoms with Crippen molar-refractivity contribution in [3.63, 3.8) is 0 Å². The molecule has 2 aromatic carbocycles. The van der Waals surface area contributed by atoms with E-state index in [0.717, 1.165) is 27.7 Å². The number of anilines is 1. The van der Waals surface area contributed by atoms with Crippen molar-refractivity contribution in [1.29, 1.82) is 0 Å². The lowest BCUT2D eigenvalue weighted by atomic mass is 10.1. The maximum atomic E-state index is 12.3. The SMILES string of the molecule is CCc1cc(Br)ccc1NC(=O)c1cc(C)ccc1O. The third-order valence-corrected chi connectivity index (χ3v) is 3.59. The summed E-state index contributed by atoms with van der Waals surface area (Å²) in [5, 5.41) is 12.6. The highest BCUT2D eigenvalue weighted by molar-refractivity contribution is 9.10. The van der Waals surface area contributed by atoms with Crippen LogP contribution in [0.5, 0.6) is 5.75 Å². The van der Waals surface area contributed by atoms with Crippen LogP contribution in [0, 0.1) is 6.92 Å². The molecule has 0 spiro atoms. The number of hydrogen-bond donors (Lipinski definition) is 2. The summed E-state index contributed by atoms with van der Waals surface area (Å²) in [4.78, 5) is 12.3. The summed E-state index contributed by atoms with van der Waals surface area (Å²) in [5.74, 6) is -0.313. The van der Waals surface area contributed by atoms with Gasteiger partial charge in [0.2, 0.25) is 0 Å². The average molecular weight is 334 g/mol. The van der Waals surface area contributed by atoms with Crippen LogP contribution in [0.25, 0.3) is 0 Å². The van der Waals surface area contributed by atoms with Gasteiger partial charge < -0.3 is 10.4 Å². The van der Waals surface area contributed by atoms with Gasteiger partial charge in [-0.05, 0) is 49.2 Å². The predicted molar refractivity (Wildman–Crippen MR) is 84.3 cm³/mol. The first kappa shape index (κ1) is 14.6. The van der Waals surface area contributed by atoms with Crippen LogP contribution in [0.15, 0.2) is 40.9 Å². The number of aromatic hydroxyl groups is 1. The van der Waals surface area contributed by atoms with E-state index in [4.69, 9.17) is 0 Å². The number of phenolic OH excluding ortho intramolecular Hbond substituents is 1. The fraction of sp³-hybridized carbons (Fsp3) is 0.188. The van der Waals surface area contributed by atoms with Gasteiger partial charge in [0, 0.05) is 10.2 Å². The van der Waals surface area contributed by atoms with Crippen LogP contribution in [-0.2, 0) is 6.42 Å². The Hall–Kier alpha value is -1.81. The third kappa shape index (κ3) is 3.20. The number of halogens is 1. The minimum absolute atomic E-state index is 0.0109. The van der Waals surface area contributed by atoms with Gasteiger partial charge in [-0.2, -0.15) is 0 Å². The van der Waals surface area contributed by atoms with E-state index in [1.54, 1.807) is 12.1 Å². The number of phenols is 1. The summed E-state index contributed by atoms with van der Waals surface area (Å²) in [5.41, 5.74) is 3.02. The molecule has 3 nitrogen and oxygen atoms in total. The molecular weight excluding hydrogens is 318 g/mol. The molecule has 20 heavy (non-hydrogen) atoms. The lowest BCUT2D eigenvalue weighted by molar-refractivity contribution is 0.102. The standard InChI is InChI=1S/C16H16BrNO2/c1-3-11-9-12(17)5-6-14(11)18-16(20)13-8-10(2)4-7-15(13)19/h4-9,19H,3H2,1-2H3,(H,18,20). The topological polar surface area (TPSA) is 49.3 Å². The van der Waals surface area contributed by atoms with Gasteiger partial charge in [0.25, 0.3) is 5.91 Å². The fourth-order valence-corrected chi connectivity index (χ4v) is 2.41. The fourth-order valence-electron chi connectivity index (χ4n) is 2.00. The van der Waals surface area contributed by atoms with E-state index in [2.05, 4.69) is 21.2 Å². The second kappa shape index (κ2) is 6.09. The number of carbonyl (C=O) groups is 1. The molecule has 0 unspecified atom stereocenters. The zero-order valence-electron chi connectivity index (χ0n) is 11.4. The van der Waals surface area contributed by atoms with E-state index in [-0.39, 0.29) is 17.2 Å². The molecule has 0 aliphatic rings. The molecule has 0 heterocycles. The molecule has 0 aliphatic heterocycles. The van der Waals surface area contributed by atoms with Gasteiger partial charge in [0.1, 0.15) is 5.75 Å². The Labute approximate surface area is 126 Å². The maximum absolute atomic E-state index is 12.3. The Kier molecular flexibility index (Phi) is 4.45. The second-order valence-corrected chi connectivity index (χ2v) is 5.55. The molecule has 0 bridgehead atoms. The minimum atomic E-state index is -0.303. The zero-order valence-corrected chi connectivity index (χ0v) is 13.0. The molecule has 0 aromatic heterocycles. The van der Waals surface area contributed by atoms with E-state index in [1.807, 2.05) is 32.0 Å². The lowest BCUT2D eigenvalue weighted by Gasteiger charge is -2.11. The molecule has 0 atom stereocenters.